The Labute approximate surface area is 154 Å². The van der Waals surface area contributed by atoms with Crippen LogP contribution in [0.25, 0.3) is 0 Å². The molecule has 0 aromatic rings. The van der Waals surface area contributed by atoms with E-state index in [1.807, 2.05) is 0 Å². The van der Waals surface area contributed by atoms with E-state index in [1.54, 1.807) is 20.8 Å². The van der Waals surface area contributed by atoms with Crippen molar-refractivity contribution in [1.29, 1.82) is 0 Å². The van der Waals surface area contributed by atoms with Crippen LogP contribution in [-0.2, 0) is 4.74 Å². The van der Waals surface area contributed by atoms with Crippen molar-refractivity contribution in [3.8, 4) is 0 Å². The fraction of sp³-hybridized carbons (Fsp3) is 0.909. The molecule has 0 aromatic heterocycles. The second kappa shape index (κ2) is 5.51. The normalized spacial score (nSPS) is 22.3. The summed E-state index contributed by atoms with van der Waals surface area (Å²) in [5.74, 6) is -1.12. The summed E-state index contributed by atoms with van der Waals surface area (Å²) in [5, 5.41) is 0. The van der Waals surface area contributed by atoms with Crippen LogP contribution in [-0.4, -0.2) is 36.7 Å². The molecule has 1 heterocycles. The maximum atomic E-state index is 12.4. The van der Waals surface area contributed by atoms with Gasteiger partial charge in [-0.3, -0.25) is 0 Å². The summed E-state index contributed by atoms with van der Waals surface area (Å²) in [4.78, 5) is 13.1. The maximum Gasteiger partial charge on any atom is 1.00 e. The fourth-order valence-corrected chi connectivity index (χ4v) is 2.80. The van der Waals surface area contributed by atoms with Gasteiger partial charge >= 0.3 is 64.5 Å². The Morgan fingerprint density at radius 3 is 2.11 bits per heavy atom. The standard InChI is InChI=1S/C11H18BF3NO2.K/c1-10(2,3)18-9(17)16-6-11(7-16)4-8(5-11)12(13,14)15;/h8H,4-7H2,1-3H3;/q-1;+1. The van der Waals surface area contributed by atoms with E-state index in [0.717, 1.165) is 0 Å². The van der Waals surface area contributed by atoms with Gasteiger partial charge < -0.3 is 22.6 Å². The summed E-state index contributed by atoms with van der Waals surface area (Å²) in [6.45, 7) is 1.42. The first-order valence-corrected chi connectivity index (χ1v) is 6.19. The van der Waals surface area contributed by atoms with E-state index < -0.39 is 24.5 Å². The van der Waals surface area contributed by atoms with Gasteiger partial charge in [0.2, 0.25) is 0 Å². The number of ether oxygens (including phenoxy) is 1. The fourth-order valence-electron chi connectivity index (χ4n) is 2.80. The van der Waals surface area contributed by atoms with Gasteiger partial charge in [0.1, 0.15) is 5.60 Å². The maximum absolute atomic E-state index is 12.4. The van der Waals surface area contributed by atoms with Gasteiger partial charge in [0, 0.05) is 18.5 Å². The largest absolute Gasteiger partial charge is 1.00 e. The minimum absolute atomic E-state index is 0. The van der Waals surface area contributed by atoms with Crippen molar-refractivity contribution in [2.24, 2.45) is 5.41 Å². The molecule has 2 fully saturated rings. The van der Waals surface area contributed by atoms with Crippen LogP contribution in [0, 0.1) is 5.41 Å². The Kier molecular flexibility index (Phi) is 5.17. The number of likely N-dealkylation sites (tertiary alicyclic amines) is 1. The zero-order valence-electron chi connectivity index (χ0n) is 11.9. The van der Waals surface area contributed by atoms with Crippen molar-refractivity contribution in [1.82, 2.24) is 4.90 Å². The molecule has 104 valence electrons. The van der Waals surface area contributed by atoms with Crippen LogP contribution < -0.4 is 51.4 Å². The average Bonchev–Trinajstić information content (AvgIpc) is 1.90. The van der Waals surface area contributed by atoms with Gasteiger partial charge in [0.15, 0.2) is 0 Å². The van der Waals surface area contributed by atoms with Gasteiger partial charge in [-0.05, 0) is 20.8 Å². The molecule has 0 radical (unpaired) electrons. The predicted molar refractivity (Wildman–Crippen MR) is 62.3 cm³/mol. The van der Waals surface area contributed by atoms with Crippen molar-refractivity contribution >= 4 is 13.1 Å². The number of halogens is 3. The Bertz CT molecular complexity index is 356. The molecular weight excluding hydrogens is 285 g/mol. The van der Waals surface area contributed by atoms with E-state index in [2.05, 4.69) is 0 Å². The van der Waals surface area contributed by atoms with Crippen molar-refractivity contribution < 1.29 is 73.9 Å². The summed E-state index contributed by atoms with van der Waals surface area (Å²) in [6.07, 6.45) is -0.0694. The van der Waals surface area contributed by atoms with E-state index in [-0.39, 0.29) is 69.6 Å². The first-order chi connectivity index (χ1) is 8.01. The Morgan fingerprint density at radius 1 is 1.26 bits per heavy atom. The van der Waals surface area contributed by atoms with Gasteiger partial charge in [0.05, 0.1) is 0 Å². The SMILES string of the molecule is CC(C)(C)OC(=O)N1CC2(CC([B-](F)(F)F)C2)C1.[K+]. The molecule has 2 rings (SSSR count). The second-order valence-electron chi connectivity index (χ2n) is 6.63. The zero-order valence-corrected chi connectivity index (χ0v) is 15.0. The van der Waals surface area contributed by atoms with Gasteiger partial charge in [-0.15, -0.1) is 0 Å². The van der Waals surface area contributed by atoms with E-state index in [4.69, 9.17) is 4.74 Å². The predicted octanol–water partition coefficient (Wildman–Crippen LogP) is 0.239. The first kappa shape index (κ1) is 17.8. The summed E-state index contributed by atoms with van der Waals surface area (Å²) < 4.78 is 42.5. The Balaban J connectivity index is 0.00000180. The van der Waals surface area contributed by atoms with Gasteiger partial charge in [0.25, 0.3) is 0 Å². The van der Waals surface area contributed by atoms with E-state index in [0.29, 0.717) is 13.1 Å². The number of hydrogen-bond acceptors (Lipinski definition) is 2. The molecule has 0 atom stereocenters. The first-order valence-electron chi connectivity index (χ1n) is 6.19. The third kappa shape index (κ3) is 4.12. The molecule has 0 bridgehead atoms. The average molecular weight is 303 g/mol. The summed E-state index contributed by atoms with van der Waals surface area (Å²) in [6, 6.07) is 0. The van der Waals surface area contributed by atoms with Gasteiger partial charge in [-0.25, -0.2) is 4.79 Å². The molecule has 2 aliphatic rings. The topological polar surface area (TPSA) is 29.5 Å². The van der Waals surface area contributed by atoms with Crippen LogP contribution in [0.4, 0.5) is 17.7 Å². The number of carbonyl (C=O) groups is 1. The molecule has 3 nitrogen and oxygen atoms in total. The number of hydrogen-bond donors (Lipinski definition) is 0. The van der Waals surface area contributed by atoms with Crippen molar-refractivity contribution in [3.05, 3.63) is 0 Å². The molecule has 1 aliphatic heterocycles. The monoisotopic (exact) mass is 303 g/mol. The molecule has 0 unspecified atom stereocenters. The minimum Gasteiger partial charge on any atom is -0.449 e. The third-order valence-electron chi connectivity index (χ3n) is 3.63. The summed E-state index contributed by atoms with van der Waals surface area (Å²) >= 11 is 0. The molecule has 0 aromatic carbocycles. The molecule has 19 heavy (non-hydrogen) atoms. The number of rotatable bonds is 1. The molecule has 1 saturated carbocycles. The smallest absolute Gasteiger partial charge is 0.449 e. The Morgan fingerprint density at radius 2 is 1.74 bits per heavy atom. The number of nitrogens with zero attached hydrogens (tertiary/aromatic N) is 1. The van der Waals surface area contributed by atoms with Crippen molar-refractivity contribution in [2.45, 2.75) is 45.0 Å². The number of carbonyl (C=O) groups excluding carboxylic acids is 1. The Hall–Kier alpha value is 0.761. The van der Waals surface area contributed by atoms with Crippen LogP contribution in [0.15, 0.2) is 0 Å². The molecule has 0 N–H and O–H groups in total. The van der Waals surface area contributed by atoms with E-state index in [9.17, 15) is 17.7 Å². The van der Waals surface area contributed by atoms with Crippen LogP contribution in [0.1, 0.15) is 33.6 Å². The molecule has 1 spiro atoms. The van der Waals surface area contributed by atoms with E-state index >= 15 is 0 Å². The molecule has 1 amide bonds. The van der Waals surface area contributed by atoms with Crippen LogP contribution in [0.3, 0.4) is 0 Å². The quantitative estimate of drug-likeness (QED) is 0.650. The number of amides is 1. The van der Waals surface area contributed by atoms with E-state index in [1.165, 1.54) is 4.90 Å². The van der Waals surface area contributed by atoms with Crippen molar-refractivity contribution in [3.63, 3.8) is 0 Å². The minimum atomic E-state index is -4.71. The second-order valence-corrected chi connectivity index (χ2v) is 6.63. The molecule has 1 saturated heterocycles. The summed E-state index contributed by atoms with van der Waals surface area (Å²) in [7, 11) is 0. The molecule has 8 heteroatoms. The van der Waals surface area contributed by atoms with Gasteiger partial charge in [-0.2, -0.15) is 0 Å². The zero-order chi connectivity index (χ0) is 13.8. The van der Waals surface area contributed by atoms with Crippen LogP contribution in [0.5, 0.6) is 0 Å². The van der Waals surface area contributed by atoms with Crippen molar-refractivity contribution in [2.75, 3.05) is 13.1 Å². The summed E-state index contributed by atoms with van der Waals surface area (Å²) in [5.41, 5.74) is -0.837. The molecule has 1 aliphatic carbocycles. The van der Waals surface area contributed by atoms with Crippen LogP contribution >= 0.6 is 0 Å². The molecular formula is C11H18BF3KNO2. The van der Waals surface area contributed by atoms with Gasteiger partial charge in [-0.1, -0.05) is 18.7 Å². The van der Waals surface area contributed by atoms with Crippen LogP contribution in [0.2, 0.25) is 5.82 Å². The third-order valence-corrected chi connectivity index (χ3v) is 3.63.